The first-order valence-electron chi connectivity index (χ1n) is 8.22. The Morgan fingerprint density at radius 2 is 1.75 bits per heavy atom. The quantitative estimate of drug-likeness (QED) is 0.805. The van der Waals surface area contributed by atoms with Crippen LogP contribution in [0.15, 0.2) is 54.7 Å². The molecule has 6 nitrogen and oxygen atoms in total. The Hall–Kier alpha value is -2.89. The number of carbonyl (C=O) groups excluding carboxylic acids is 1. The van der Waals surface area contributed by atoms with E-state index in [1.54, 1.807) is 4.40 Å². The first-order chi connectivity index (χ1) is 11.8. The number of carbonyl (C=O) groups is 1. The van der Waals surface area contributed by atoms with Gasteiger partial charge in [0, 0.05) is 30.9 Å². The first kappa shape index (κ1) is 14.7. The molecule has 1 aliphatic heterocycles. The van der Waals surface area contributed by atoms with Crippen molar-refractivity contribution in [3.63, 3.8) is 0 Å². The monoisotopic (exact) mass is 321 g/mol. The fourth-order valence-corrected chi connectivity index (χ4v) is 3.18. The molecule has 1 N–H and O–H groups in total. The maximum absolute atomic E-state index is 12.5. The Kier molecular flexibility index (Phi) is 3.86. The summed E-state index contributed by atoms with van der Waals surface area (Å²) >= 11 is 0. The van der Waals surface area contributed by atoms with Crippen LogP contribution in [0.5, 0.6) is 0 Å². The van der Waals surface area contributed by atoms with E-state index in [9.17, 15) is 4.79 Å². The molecule has 1 saturated heterocycles. The smallest absolute Gasteiger partial charge is 0.235 e. The average Bonchev–Trinajstić information content (AvgIpc) is 3.06. The number of fused-ring (bicyclic) bond motifs is 1. The lowest BCUT2D eigenvalue weighted by Gasteiger charge is -2.32. The molecule has 3 aromatic rings. The van der Waals surface area contributed by atoms with E-state index >= 15 is 0 Å². The van der Waals surface area contributed by atoms with Crippen molar-refractivity contribution < 1.29 is 4.79 Å². The Bertz CT molecular complexity index is 837. The number of aromatic nitrogens is 3. The summed E-state index contributed by atoms with van der Waals surface area (Å²) in [4.78, 5) is 14.9. The lowest BCUT2D eigenvalue weighted by atomic mass is 9.95. The number of hydrogen-bond acceptors (Lipinski definition) is 4. The second-order valence-corrected chi connectivity index (χ2v) is 6.04. The molecule has 24 heavy (non-hydrogen) atoms. The maximum atomic E-state index is 12.5. The molecule has 3 heterocycles. The summed E-state index contributed by atoms with van der Waals surface area (Å²) in [6.07, 6.45) is 3.54. The molecule has 0 saturated carbocycles. The van der Waals surface area contributed by atoms with Crippen LogP contribution in [0.3, 0.4) is 0 Å². The minimum absolute atomic E-state index is 0.0148. The van der Waals surface area contributed by atoms with Crippen LogP contribution in [-0.2, 0) is 4.79 Å². The van der Waals surface area contributed by atoms with Gasteiger partial charge in [-0.05, 0) is 37.1 Å². The highest BCUT2D eigenvalue weighted by Crippen LogP contribution is 2.24. The Morgan fingerprint density at radius 1 is 1.00 bits per heavy atom. The van der Waals surface area contributed by atoms with Crippen molar-refractivity contribution in [3.05, 3.63) is 54.7 Å². The van der Waals surface area contributed by atoms with E-state index in [2.05, 4.69) is 32.5 Å². The summed E-state index contributed by atoms with van der Waals surface area (Å²) in [5.74, 6) is 0.531. The molecule has 122 valence electrons. The highest BCUT2D eigenvalue weighted by Gasteiger charge is 2.26. The van der Waals surface area contributed by atoms with Crippen LogP contribution in [-0.4, -0.2) is 33.6 Å². The van der Waals surface area contributed by atoms with Gasteiger partial charge in [-0.25, -0.2) is 0 Å². The number of nitrogens with zero attached hydrogens (tertiary/aromatic N) is 4. The predicted molar refractivity (Wildman–Crippen MR) is 93.0 cm³/mol. The lowest BCUT2D eigenvalue weighted by molar-refractivity contribution is -0.120. The zero-order chi connectivity index (χ0) is 16.4. The van der Waals surface area contributed by atoms with Gasteiger partial charge in [-0.1, -0.05) is 24.3 Å². The van der Waals surface area contributed by atoms with Crippen molar-refractivity contribution in [2.75, 3.05) is 23.3 Å². The van der Waals surface area contributed by atoms with Crippen LogP contribution >= 0.6 is 0 Å². The van der Waals surface area contributed by atoms with Crippen molar-refractivity contribution >= 4 is 23.2 Å². The van der Waals surface area contributed by atoms with E-state index in [1.165, 1.54) is 5.69 Å². The van der Waals surface area contributed by atoms with Gasteiger partial charge in [0.1, 0.15) is 0 Å². The minimum atomic E-state index is 0.0148. The third kappa shape index (κ3) is 2.82. The topological polar surface area (TPSA) is 62.5 Å². The van der Waals surface area contributed by atoms with Crippen LogP contribution in [0, 0.1) is 5.92 Å². The van der Waals surface area contributed by atoms with Gasteiger partial charge in [0.25, 0.3) is 0 Å². The van der Waals surface area contributed by atoms with E-state index in [1.807, 2.05) is 42.6 Å². The van der Waals surface area contributed by atoms with Crippen molar-refractivity contribution in [3.8, 4) is 0 Å². The van der Waals surface area contributed by atoms with Gasteiger partial charge in [-0.2, -0.15) is 0 Å². The van der Waals surface area contributed by atoms with Crippen LogP contribution in [0.4, 0.5) is 11.6 Å². The average molecular weight is 321 g/mol. The van der Waals surface area contributed by atoms with Gasteiger partial charge < -0.3 is 4.90 Å². The summed E-state index contributed by atoms with van der Waals surface area (Å²) in [7, 11) is 0. The molecular weight excluding hydrogens is 302 g/mol. The second kappa shape index (κ2) is 6.31. The molecule has 0 atom stereocenters. The molecule has 6 heteroatoms. The Balaban J connectivity index is 1.40. The number of nitrogens with one attached hydrogen (secondary N) is 1. The minimum Gasteiger partial charge on any atom is -0.371 e. The molecular formula is C18H19N5O. The van der Waals surface area contributed by atoms with Crippen LogP contribution in [0.2, 0.25) is 0 Å². The largest absolute Gasteiger partial charge is 0.371 e. The van der Waals surface area contributed by atoms with Crippen molar-refractivity contribution in [2.24, 2.45) is 5.92 Å². The summed E-state index contributed by atoms with van der Waals surface area (Å²) in [6.45, 7) is 1.78. The van der Waals surface area contributed by atoms with Gasteiger partial charge in [0.2, 0.25) is 11.9 Å². The molecule has 0 radical (unpaired) electrons. The number of hydrogen-bond donors (Lipinski definition) is 1. The standard InChI is InChI=1S/C18H19N5O/c24-17(19-18-21-20-16-8-4-5-11-23(16)18)14-9-12-22(13-10-14)15-6-2-1-3-7-15/h1-8,11,14H,9-10,12-13H2,(H,19,21,24). The summed E-state index contributed by atoms with van der Waals surface area (Å²) in [5.41, 5.74) is 1.95. The maximum Gasteiger partial charge on any atom is 0.235 e. The summed E-state index contributed by atoms with van der Waals surface area (Å²) in [6, 6.07) is 16.0. The van der Waals surface area contributed by atoms with Crippen LogP contribution < -0.4 is 10.2 Å². The highest BCUT2D eigenvalue weighted by atomic mass is 16.2. The molecule has 0 spiro atoms. The molecule has 2 aromatic heterocycles. The van der Waals surface area contributed by atoms with Gasteiger partial charge in [0.15, 0.2) is 5.65 Å². The van der Waals surface area contributed by atoms with E-state index < -0.39 is 0 Å². The molecule has 0 bridgehead atoms. The van der Waals surface area contributed by atoms with E-state index in [0.29, 0.717) is 5.95 Å². The zero-order valence-electron chi connectivity index (χ0n) is 13.3. The number of anilines is 2. The van der Waals surface area contributed by atoms with Gasteiger partial charge in [-0.15, -0.1) is 10.2 Å². The van der Waals surface area contributed by atoms with E-state index in [0.717, 1.165) is 31.6 Å². The number of pyridine rings is 1. The number of benzene rings is 1. The molecule has 0 aliphatic carbocycles. The Labute approximate surface area is 140 Å². The van der Waals surface area contributed by atoms with Gasteiger partial charge in [-0.3, -0.25) is 14.5 Å². The lowest BCUT2D eigenvalue weighted by Crippen LogP contribution is -2.38. The van der Waals surface area contributed by atoms with Crippen molar-refractivity contribution in [2.45, 2.75) is 12.8 Å². The molecule has 0 unspecified atom stereocenters. The molecule has 1 amide bonds. The number of piperidine rings is 1. The highest BCUT2D eigenvalue weighted by molar-refractivity contribution is 5.91. The first-order valence-corrected chi connectivity index (χ1v) is 8.22. The SMILES string of the molecule is O=C(Nc1nnc2ccccn12)C1CCN(c2ccccc2)CC1. The van der Waals surface area contributed by atoms with Crippen molar-refractivity contribution in [1.82, 2.24) is 14.6 Å². The molecule has 1 aliphatic rings. The zero-order valence-corrected chi connectivity index (χ0v) is 13.3. The molecule has 1 aromatic carbocycles. The number of para-hydroxylation sites is 1. The summed E-state index contributed by atoms with van der Waals surface area (Å²) in [5, 5.41) is 11.0. The fourth-order valence-electron chi connectivity index (χ4n) is 3.18. The van der Waals surface area contributed by atoms with Gasteiger partial charge >= 0.3 is 0 Å². The third-order valence-corrected chi connectivity index (χ3v) is 4.54. The van der Waals surface area contributed by atoms with E-state index in [-0.39, 0.29) is 11.8 Å². The summed E-state index contributed by atoms with van der Waals surface area (Å²) < 4.78 is 1.79. The van der Waals surface area contributed by atoms with Gasteiger partial charge in [0.05, 0.1) is 0 Å². The van der Waals surface area contributed by atoms with Crippen LogP contribution in [0.25, 0.3) is 5.65 Å². The number of amides is 1. The third-order valence-electron chi connectivity index (χ3n) is 4.54. The molecule has 4 rings (SSSR count). The Morgan fingerprint density at radius 3 is 2.54 bits per heavy atom. The fraction of sp³-hybridized carbons (Fsp3) is 0.278. The number of rotatable bonds is 3. The predicted octanol–water partition coefficient (Wildman–Crippen LogP) is 2.58. The van der Waals surface area contributed by atoms with E-state index in [4.69, 9.17) is 0 Å². The second-order valence-electron chi connectivity index (χ2n) is 6.04. The van der Waals surface area contributed by atoms with Crippen molar-refractivity contribution in [1.29, 1.82) is 0 Å². The van der Waals surface area contributed by atoms with Crippen LogP contribution in [0.1, 0.15) is 12.8 Å². The molecule has 1 fully saturated rings. The normalized spacial score (nSPS) is 15.6.